The third-order valence-electron chi connectivity index (χ3n) is 14.0. The highest BCUT2D eigenvalue weighted by Crippen LogP contribution is 2.48. The van der Waals surface area contributed by atoms with Gasteiger partial charge in [-0.25, -0.2) is 4.98 Å². The number of carbonyl (C=O) groups excluding carboxylic acids is 4. The lowest BCUT2D eigenvalue weighted by molar-refractivity contribution is -0.137. The number of amides is 4. The Morgan fingerprint density at radius 2 is 1.81 bits per heavy atom. The van der Waals surface area contributed by atoms with Gasteiger partial charge in [-0.1, -0.05) is 23.7 Å². The summed E-state index contributed by atoms with van der Waals surface area (Å²) >= 11 is 6.61. The summed E-state index contributed by atoms with van der Waals surface area (Å²) < 4.78 is 13.9. The van der Waals surface area contributed by atoms with Gasteiger partial charge in [0, 0.05) is 75.9 Å². The van der Waals surface area contributed by atoms with Crippen LogP contribution in [0.1, 0.15) is 80.8 Å². The summed E-state index contributed by atoms with van der Waals surface area (Å²) in [6.45, 7) is 8.31. The Bertz CT molecular complexity index is 2600. The van der Waals surface area contributed by atoms with Crippen LogP contribution in [-0.4, -0.2) is 124 Å². The number of nitrogens with zero attached hydrogens (tertiary/aromatic N) is 7. The van der Waals surface area contributed by atoms with Crippen molar-refractivity contribution in [3.63, 3.8) is 0 Å². The first kappa shape index (κ1) is 42.2. The number of aromatic nitrogens is 3. The molecule has 1 aliphatic carbocycles. The van der Waals surface area contributed by atoms with Crippen molar-refractivity contribution in [2.75, 3.05) is 61.5 Å². The van der Waals surface area contributed by atoms with Gasteiger partial charge in [-0.2, -0.15) is 4.98 Å². The molecule has 1 spiro atoms. The fraction of sp³-hybridized carbons (Fsp3) is 0.500. The zero-order valence-electron chi connectivity index (χ0n) is 36.3. The molecule has 3 N–H and O–H groups in total. The zero-order chi connectivity index (χ0) is 44.4. The molecule has 5 aliphatic heterocycles. The molecule has 1 atom stereocenters. The van der Waals surface area contributed by atoms with E-state index in [1.54, 1.807) is 21.7 Å². The van der Waals surface area contributed by atoms with Gasteiger partial charge < -0.3 is 39.4 Å². The second-order valence-corrected chi connectivity index (χ2v) is 18.7. The number of nitrogens with one attached hydrogen (secondary N) is 3. The SMILES string of the molecule is CNC(=O)COc1cc2cc(Nc3nc(N4CCC(OC5CC(N6CC7(CCN7c7cccc8c7C(=O)N(C7CCC(=O)NC7=O)C8)C6)C5)CC4)ncc3Cl)ccc2n(C(C)C)c1=O. The quantitative estimate of drug-likeness (QED) is 0.173. The van der Waals surface area contributed by atoms with Crippen LogP contribution in [-0.2, 0) is 25.7 Å². The number of rotatable bonds is 12. The fourth-order valence-electron chi connectivity index (χ4n) is 10.4. The van der Waals surface area contributed by atoms with Crippen molar-refractivity contribution < 1.29 is 28.7 Å². The Morgan fingerprint density at radius 1 is 1.02 bits per heavy atom. The van der Waals surface area contributed by atoms with Crippen LogP contribution in [0.15, 0.2) is 53.5 Å². The molecule has 5 fully saturated rings. The highest BCUT2D eigenvalue weighted by Gasteiger charge is 2.57. The first-order chi connectivity index (χ1) is 30.9. The molecule has 4 aromatic rings. The number of imide groups is 1. The minimum atomic E-state index is -0.620. The molecule has 1 unspecified atom stereocenters. The summed E-state index contributed by atoms with van der Waals surface area (Å²) in [6.07, 6.45) is 7.46. The number of hydrogen-bond donors (Lipinski definition) is 3. The van der Waals surface area contributed by atoms with Crippen LogP contribution in [0.2, 0.25) is 5.02 Å². The number of fused-ring (bicyclic) bond motifs is 2. The molecule has 4 amide bonds. The van der Waals surface area contributed by atoms with Gasteiger partial charge in [0.05, 0.1) is 40.7 Å². The van der Waals surface area contributed by atoms with Crippen molar-refractivity contribution in [3.05, 3.63) is 75.2 Å². The van der Waals surface area contributed by atoms with Crippen molar-refractivity contribution in [2.24, 2.45) is 0 Å². The number of pyridine rings is 1. The normalized spacial score (nSPS) is 23.2. The number of halogens is 1. The molecule has 336 valence electrons. The standard InChI is InChI=1S/C46H53ClN10O7/c1-26(2)57-34-8-7-29(17-28(34)18-37(43(57)61)63-23-39(59)48-3)50-41-33(47)21-49-45(52-41)53-14-11-31(12-15-53)64-32-19-30(20-32)54-24-46(25-54)13-16-56(46)35-6-4-5-27-22-55(44(62)40(27)35)36-9-10-38(58)51-42(36)60/h4-8,17-18,21,26,30-32,36H,9-16,19-20,22-25H2,1-3H3,(H,48,59)(H,49,50,52)(H,51,58,60). The maximum Gasteiger partial charge on any atom is 0.293 e. The lowest BCUT2D eigenvalue weighted by Crippen LogP contribution is -2.79. The second-order valence-electron chi connectivity index (χ2n) is 18.3. The van der Waals surface area contributed by atoms with E-state index in [4.69, 9.17) is 26.1 Å². The Balaban J connectivity index is 0.709. The monoisotopic (exact) mass is 892 g/mol. The van der Waals surface area contributed by atoms with Gasteiger partial charge in [0.15, 0.2) is 18.2 Å². The molecule has 18 heteroatoms. The highest BCUT2D eigenvalue weighted by atomic mass is 35.5. The second kappa shape index (κ2) is 16.7. The Kier molecular flexibility index (Phi) is 11.0. The number of carbonyl (C=O) groups is 4. The maximum atomic E-state index is 13.8. The minimum Gasteiger partial charge on any atom is -0.478 e. The van der Waals surface area contributed by atoms with E-state index in [9.17, 15) is 24.0 Å². The topological polar surface area (TPSA) is 184 Å². The molecule has 4 saturated heterocycles. The number of benzene rings is 2. The van der Waals surface area contributed by atoms with Crippen LogP contribution in [0.4, 0.5) is 23.1 Å². The Morgan fingerprint density at radius 3 is 2.53 bits per heavy atom. The van der Waals surface area contributed by atoms with Crippen molar-refractivity contribution in [1.82, 2.24) is 35.0 Å². The van der Waals surface area contributed by atoms with E-state index in [2.05, 4.69) is 35.6 Å². The predicted molar refractivity (Wildman–Crippen MR) is 240 cm³/mol. The number of likely N-dealkylation sites (tertiary alicyclic amines) is 1. The average Bonchev–Trinajstić information content (AvgIpc) is 3.58. The molecule has 0 bridgehead atoms. The van der Waals surface area contributed by atoms with Crippen molar-refractivity contribution in [2.45, 2.75) is 101 Å². The fourth-order valence-corrected chi connectivity index (χ4v) is 10.5. The summed E-state index contributed by atoms with van der Waals surface area (Å²) in [4.78, 5) is 81.5. The molecule has 7 heterocycles. The third kappa shape index (κ3) is 7.60. The van der Waals surface area contributed by atoms with E-state index in [0.29, 0.717) is 47.0 Å². The number of hydrogen-bond acceptors (Lipinski definition) is 13. The lowest BCUT2D eigenvalue weighted by Gasteiger charge is -2.66. The van der Waals surface area contributed by atoms with Gasteiger partial charge in [0.1, 0.15) is 11.1 Å². The summed E-state index contributed by atoms with van der Waals surface area (Å²) in [5, 5.41) is 9.38. The first-order valence-corrected chi connectivity index (χ1v) is 22.8. The Hall–Kier alpha value is -5.78. The zero-order valence-corrected chi connectivity index (χ0v) is 37.0. The largest absolute Gasteiger partial charge is 0.478 e. The molecule has 1 saturated carbocycles. The van der Waals surface area contributed by atoms with Crippen LogP contribution >= 0.6 is 11.6 Å². The number of likely N-dealkylation sites (N-methyl/N-ethyl adjacent to an activating group) is 1. The van der Waals surface area contributed by atoms with Gasteiger partial charge in [-0.15, -0.1) is 0 Å². The van der Waals surface area contributed by atoms with Gasteiger partial charge in [-0.3, -0.25) is 34.2 Å². The maximum absolute atomic E-state index is 13.8. The van der Waals surface area contributed by atoms with E-state index in [1.165, 1.54) is 7.05 Å². The lowest BCUT2D eigenvalue weighted by atomic mass is 9.73. The van der Waals surface area contributed by atoms with E-state index >= 15 is 0 Å². The van der Waals surface area contributed by atoms with Gasteiger partial charge >= 0.3 is 0 Å². The van der Waals surface area contributed by atoms with Gasteiger partial charge in [0.25, 0.3) is 17.4 Å². The number of anilines is 4. The minimum absolute atomic E-state index is 0.0270. The van der Waals surface area contributed by atoms with Gasteiger partial charge in [-0.05, 0) is 88.3 Å². The summed E-state index contributed by atoms with van der Waals surface area (Å²) in [5.41, 5.74) is 3.79. The van der Waals surface area contributed by atoms with Crippen LogP contribution in [0.5, 0.6) is 5.75 Å². The predicted octanol–water partition coefficient (Wildman–Crippen LogP) is 4.14. The molecule has 0 radical (unpaired) electrons. The molecule has 64 heavy (non-hydrogen) atoms. The molecule has 10 rings (SSSR count). The van der Waals surface area contributed by atoms with E-state index in [1.807, 2.05) is 50.2 Å². The molecule has 6 aliphatic rings. The van der Waals surface area contributed by atoms with Crippen LogP contribution in [0.3, 0.4) is 0 Å². The van der Waals surface area contributed by atoms with E-state index in [-0.39, 0.29) is 71.8 Å². The van der Waals surface area contributed by atoms with Crippen molar-refractivity contribution in [3.8, 4) is 5.75 Å². The highest BCUT2D eigenvalue weighted by molar-refractivity contribution is 6.33. The molecular weight excluding hydrogens is 840 g/mol. The van der Waals surface area contributed by atoms with Crippen molar-refractivity contribution in [1.29, 1.82) is 0 Å². The van der Waals surface area contributed by atoms with Crippen LogP contribution in [0.25, 0.3) is 10.9 Å². The molecule has 2 aromatic carbocycles. The van der Waals surface area contributed by atoms with E-state index < -0.39 is 6.04 Å². The van der Waals surface area contributed by atoms with Crippen LogP contribution < -0.4 is 36.0 Å². The Labute approximate surface area is 375 Å². The summed E-state index contributed by atoms with van der Waals surface area (Å²) in [5.74, 6) is 0.0269. The summed E-state index contributed by atoms with van der Waals surface area (Å²) in [6, 6.07) is 13.1. The number of piperidine rings is 2. The molecule has 17 nitrogen and oxygen atoms in total. The smallest absolute Gasteiger partial charge is 0.293 e. The average molecular weight is 893 g/mol. The third-order valence-corrected chi connectivity index (χ3v) is 14.3. The van der Waals surface area contributed by atoms with E-state index in [0.717, 1.165) is 87.0 Å². The first-order valence-electron chi connectivity index (χ1n) is 22.4. The van der Waals surface area contributed by atoms with Crippen molar-refractivity contribution >= 4 is 69.3 Å². The molecule has 2 aromatic heterocycles. The molecular formula is C46H53ClN10O7. The summed E-state index contributed by atoms with van der Waals surface area (Å²) in [7, 11) is 1.52. The van der Waals surface area contributed by atoms with Gasteiger partial charge in [0.2, 0.25) is 17.8 Å². The van der Waals surface area contributed by atoms with Crippen LogP contribution in [0, 0.1) is 0 Å². The number of ether oxygens (including phenoxy) is 2.